The molecule has 6 aromatic rings. The van der Waals surface area contributed by atoms with E-state index in [9.17, 15) is 24.0 Å². The Hall–Kier alpha value is -6.11. The predicted molar refractivity (Wildman–Crippen MR) is 234 cm³/mol. The summed E-state index contributed by atoms with van der Waals surface area (Å²) in [6, 6.07) is 21.4. The molecule has 1 saturated carbocycles. The number of anilines is 1. The lowest BCUT2D eigenvalue weighted by Gasteiger charge is -2.19. The fraction of sp³-hybridized carbons (Fsp3) is 0.273. The summed E-state index contributed by atoms with van der Waals surface area (Å²) in [4.78, 5) is 53.3. The number of benzene rings is 2. The van der Waals surface area contributed by atoms with Crippen molar-refractivity contribution in [1.82, 2.24) is 40.5 Å². The van der Waals surface area contributed by atoms with Gasteiger partial charge in [-0.15, -0.1) is 0 Å². The van der Waals surface area contributed by atoms with Crippen molar-refractivity contribution in [2.45, 2.75) is 51.1 Å². The van der Waals surface area contributed by atoms with E-state index in [1.807, 2.05) is 30.3 Å². The minimum absolute atomic E-state index is 0.0103. The Morgan fingerprint density at radius 2 is 1.24 bits per heavy atom. The average Bonchev–Trinajstić information content (AvgIpc) is 3.92. The lowest BCUT2D eigenvalue weighted by molar-refractivity contribution is 0.0935. The van der Waals surface area contributed by atoms with Crippen LogP contribution in [-0.2, 0) is 50.3 Å². The molecule has 2 amide bonds. The zero-order valence-electron chi connectivity index (χ0n) is 34.0. The summed E-state index contributed by atoms with van der Waals surface area (Å²) in [7, 11) is -1.44. The molecular weight excluding hydrogens is 870 g/mol. The van der Waals surface area contributed by atoms with Crippen LogP contribution in [0.1, 0.15) is 60.8 Å². The van der Waals surface area contributed by atoms with Crippen LogP contribution in [0.25, 0.3) is 0 Å². The van der Waals surface area contributed by atoms with Gasteiger partial charge in [-0.2, -0.15) is 9.97 Å². The molecule has 4 N–H and O–H groups in total. The SMILES string of the molecule is CS(=O)c1ncc(C(=O)NCc2ccccn2)c(OCc2ccc(CO)c(Cl)c2)n1.O=C(NCc1ccccn1)c1cnc(N2CC3CC3C2)nc1OCc1ccc(CO)c(Cl)c1. The molecule has 1 aliphatic heterocycles. The summed E-state index contributed by atoms with van der Waals surface area (Å²) >= 11 is 12.3. The number of nitrogens with zero attached hydrogens (tertiary/aromatic N) is 7. The van der Waals surface area contributed by atoms with Crippen LogP contribution in [0.4, 0.5) is 5.95 Å². The van der Waals surface area contributed by atoms with Crippen molar-refractivity contribution in [2.24, 2.45) is 11.8 Å². The lowest BCUT2D eigenvalue weighted by atomic mass is 10.1. The first-order chi connectivity index (χ1) is 30.6. The smallest absolute Gasteiger partial charge is 0.258 e. The third-order valence-corrected chi connectivity index (χ3v) is 11.5. The fourth-order valence-electron chi connectivity index (χ4n) is 6.55. The van der Waals surface area contributed by atoms with Gasteiger partial charge in [0.25, 0.3) is 11.8 Å². The highest BCUT2D eigenvalue weighted by molar-refractivity contribution is 7.84. The van der Waals surface area contributed by atoms with E-state index in [-0.39, 0.29) is 73.5 Å². The Kier molecular flexibility index (Phi) is 15.2. The first-order valence-electron chi connectivity index (χ1n) is 19.8. The molecule has 2 fully saturated rings. The summed E-state index contributed by atoms with van der Waals surface area (Å²) < 4.78 is 23.5. The van der Waals surface area contributed by atoms with Crippen molar-refractivity contribution in [1.29, 1.82) is 0 Å². The van der Waals surface area contributed by atoms with Crippen LogP contribution in [-0.4, -0.2) is 75.5 Å². The van der Waals surface area contributed by atoms with Crippen LogP contribution in [0.3, 0.4) is 0 Å². The molecule has 8 rings (SSSR count). The third-order valence-electron chi connectivity index (χ3n) is 10.1. The lowest BCUT2D eigenvalue weighted by Crippen LogP contribution is -2.27. The highest BCUT2D eigenvalue weighted by Gasteiger charge is 2.46. The first kappa shape index (κ1) is 44.9. The van der Waals surface area contributed by atoms with Gasteiger partial charge in [-0.05, 0) is 76.9 Å². The predicted octanol–water partition coefficient (Wildman–Crippen LogP) is 5.25. The van der Waals surface area contributed by atoms with Crippen molar-refractivity contribution < 1.29 is 33.5 Å². The Bertz CT molecular complexity index is 2570. The molecule has 2 aromatic carbocycles. The molecule has 16 nitrogen and oxygen atoms in total. The maximum Gasteiger partial charge on any atom is 0.258 e. The number of ether oxygens (including phenoxy) is 2. The highest BCUT2D eigenvalue weighted by atomic mass is 35.5. The van der Waals surface area contributed by atoms with Crippen molar-refractivity contribution in [3.05, 3.63) is 152 Å². The average molecular weight is 913 g/mol. The third kappa shape index (κ3) is 12.1. The quantitative estimate of drug-likeness (QED) is 0.0914. The molecule has 3 atom stereocenters. The Balaban J connectivity index is 0.000000190. The summed E-state index contributed by atoms with van der Waals surface area (Å²) in [6.07, 6.45) is 8.84. The molecular formula is C44H43Cl2N9O7S. The molecule has 0 bridgehead atoms. The van der Waals surface area contributed by atoms with Gasteiger partial charge in [-0.1, -0.05) is 59.6 Å². The van der Waals surface area contributed by atoms with Gasteiger partial charge in [0.15, 0.2) is 0 Å². The number of hydrogen-bond acceptors (Lipinski definition) is 14. The van der Waals surface area contributed by atoms with Crippen LogP contribution < -0.4 is 25.0 Å². The van der Waals surface area contributed by atoms with E-state index in [2.05, 4.69) is 45.4 Å². The zero-order valence-corrected chi connectivity index (χ0v) is 36.3. The molecule has 3 unspecified atom stereocenters. The number of pyridine rings is 2. The number of nitrogens with one attached hydrogen (secondary N) is 2. The van der Waals surface area contributed by atoms with Gasteiger partial charge in [0.2, 0.25) is 22.9 Å². The number of amides is 2. The highest BCUT2D eigenvalue weighted by Crippen LogP contribution is 2.45. The second kappa shape index (κ2) is 21.3. The van der Waals surface area contributed by atoms with Gasteiger partial charge in [0.05, 0.1) is 48.5 Å². The summed E-state index contributed by atoms with van der Waals surface area (Å²) in [5.41, 5.74) is 4.58. The number of rotatable bonds is 16. The van der Waals surface area contributed by atoms with E-state index < -0.39 is 16.7 Å². The number of aliphatic hydroxyl groups excluding tert-OH is 2. The number of carbonyl (C=O) groups is 2. The fourth-order valence-corrected chi connectivity index (χ4v) is 7.49. The van der Waals surface area contributed by atoms with Gasteiger partial charge >= 0.3 is 0 Å². The molecule has 0 spiro atoms. The van der Waals surface area contributed by atoms with E-state index in [4.69, 9.17) is 32.7 Å². The molecule has 63 heavy (non-hydrogen) atoms. The van der Waals surface area contributed by atoms with Crippen LogP contribution >= 0.6 is 23.2 Å². The van der Waals surface area contributed by atoms with Gasteiger partial charge in [-0.3, -0.25) is 23.8 Å². The molecule has 1 aliphatic carbocycles. The molecule has 326 valence electrons. The van der Waals surface area contributed by atoms with Gasteiger partial charge < -0.3 is 35.2 Å². The number of carbonyl (C=O) groups excluding carboxylic acids is 2. The minimum atomic E-state index is -1.44. The second-order valence-corrected chi connectivity index (χ2v) is 16.7. The molecule has 2 aliphatic rings. The summed E-state index contributed by atoms with van der Waals surface area (Å²) in [6.45, 7) is 2.33. The second-order valence-electron chi connectivity index (χ2n) is 14.6. The summed E-state index contributed by atoms with van der Waals surface area (Å²) in [5, 5.41) is 25.1. The van der Waals surface area contributed by atoms with E-state index in [0.29, 0.717) is 32.8 Å². The van der Waals surface area contributed by atoms with Crippen molar-refractivity contribution >= 4 is 51.8 Å². The maximum absolute atomic E-state index is 12.9. The Labute approximate surface area is 375 Å². The van der Waals surface area contributed by atoms with Crippen LogP contribution in [0.15, 0.2) is 103 Å². The number of fused-ring (bicyclic) bond motifs is 1. The Morgan fingerprint density at radius 1 is 0.730 bits per heavy atom. The van der Waals surface area contributed by atoms with Gasteiger partial charge in [0, 0.05) is 54.2 Å². The van der Waals surface area contributed by atoms with E-state index in [0.717, 1.165) is 41.7 Å². The Morgan fingerprint density at radius 3 is 1.70 bits per heavy atom. The molecule has 1 saturated heterocycles. The maximum atomic E-state index is 12.9. The molecule has 5 heterocycles. The van der Waals surface area contributed by atoms with Crippen LogP contribution in [0, 0.1) is 11.8 Å². The first-order valence-corrected chi connectivity index (χ1v) is 22.1. The number of piperidine rings is 1. The number of halogens is 2. The van der Waals surface area contributed by atoms with E-state index in [1.54, 1.807) is 54.9 Å². The van der Waals surface area contributed by atoms with Crippen molar-refractivity contribution in [3.63, 3.8) is 0 Å². The zero-order chi connectivity index (χ0) is 44.3. The molecule has 4 aromatic heterocycles. The van der Waals surface area contributed by atoms with E-state index in [1.165, 1.54) is 25.1 Å². The topological polar surface area (TPSA) is 215 Å². The van der Waals surface area contributed by atoms with Gasteiger partial charge in [-0.25, -0.2) is 9.97 Å². The van der Waals surface area contributed by atoms with Crippen molar-refractivity contribution in [3.8, 4) is 11.8 Å². The largest absolute Gasteiger partial charge is 0.472 e. The number of hydrogen-bond donors (Lipinski definition) is 4. The normalized spacial score (nSPS) is 15.3. The minimum Gasteiger partial charge on any atom is -0.472 e. The summed E-state index contributed by atoms with van der Waals surface area (Å²) in [5.74, 6) is 1.49. The monoisotopic (exact) mass is 911 g/mol. The van der Waals surface area contributed by atoms with Crippen molar-refractivity contribution in [2.75, 3.05) is 24.2 Å². The number of aliphatic hydroxyl groups is 2. The van der Waals surface area contributed by atoms with Crippen LogP contribution in [0.5, 0.6) is 11.8 Å². The van der Waals surface area contributed by atoms with Gasteiger partial charge in [0.1, 0.15) is 24.3 Å². The molecule has 19 heteroatoms. The standard InChI is InChI=1S/C24H24ClN5O3.C20H19ClN4O4S/c25-21-7-15(4-5-16(21)13-31)14-33-23-20(22(32)27-9-19-3-1-2-6-26-19)10-28-24(29-23)30-11-17-8-18(17)12-30;1-30(28)20-24-10-16(18(27)23-9-15-4-2-3-7-22-15)19(25-20)29-12-13-5-6-14(11-26)17(21)8-13/h1-7,10,17-18,31H,8-9,11-14H2,(H,27,32);2-8,10,26H,9,11-12H2,1H3,(H,23,27). The molecule has 0 radical (unpaired) electrons. The number of aromatic nitrogens is 6. The van der Waals surface area contributed by atoms with Crippen LogP contribution in [0.2, 0.25) is 10.0 Å². The van der Waals surface area contributed by atoms with E-state index >= 15 is 0 Å².